The highest BCUT2D eigenvalue weighted by molar-refractivity contribution is 5.81. The summed E-state index contributed by atoms with van der Waals surface area (Å²) in [5.41, 5.74) is 2.39. The maximum Gasteiger partial charge on any atom is 0.0656 e. The SMILES string of the molecule is CCC(C#N)CCN=Cc1ccccc1C. The first kappa shape index (κ1) is 12.4. The minimum Gasteiger partial charge on any atom is -0.293 e. The Morgan fingerprint density at radius 3 is 2.81 bits per heavy atom. The first-order valence-electron chi connectivity index (χ1n) is 5.73. The fourth-order valence-corrected chi connectivity index (χ4v) is 1.48. The Balaban J connectivity index is 2.44. The highest BCUT2D eigenvalue weighted by atomic mass is 14.7. The van der Waals surface area contributed by atoms with E-state index in [1.807, 2.05) is 25.3 Å². The number of hydrogen-bond donors (Lipinski definition) is 0. The summed E-state index contributed by atoms with van der Waals surface area (Å²) in [4.78, 5) is 4.36. The molecule has 0 radical (unpaired) electrons. The summed E-state index contributed by atoms with van der Waals surface area (Å²) < 4.78 is 0. The Morgan fingerprint density at radius 1 is 1.44 bits per heavy atom. The average molecular weight is 214 g/mol. The zero-order valence-electron chi connectivity index (χ0n) is 9.98. The van der Waals surface area contributed by atoms with Crippen LogP contribution in [0.15, 0.2) is 29.3 Å². The molecule has 0 saturated heterocycles. The molecular formula is C14H18N2. The summed E-state index contributed by atoms with van der Waals surface area (Å²) in [6.45, 7) is 4.85. The van der Waals surface area contributed by atoms with Gasteiger partial charge in [0, 0.05) is 18.7 Å². The molecule has 1 aromatic rings. The van der Waals surface area contributed by atoms with Crippen molar-refractivity contribution in [2.24, 2.45) is 10.9 Å². The van der Waals surface area contributed by atoms with Gasteiger partial charge in [-0.2, -0.15) is 5.26 Å². The Bertz CT molecular complexity index is 388. The van der Waals surface area contributed by atoms with Gasteiger partial charge in [-0.1, -0.05) is 31.2 Å². The number of nitrogens with zero attached hydrogens (tertiary/aromatic N) is 2. The maximum absolute atomic E-state index is 8.78. The van der Waals surface area contributed by atoms with Gasteiger partial charge in [0.15, 0.2) is 0 Å². The molecule has 2 heteroatoms. The van der Waals surface area contributed by atoms with Gasteiger partial charge in [-0.25, -0.2) is 0 Å². The van der Waals surface area contributed by atoms with Crippen molar-refractivity contribution in [1.29, 1.82) is 5.26 Å². The molecule has 16 heavy (non-hydrogen) atoms. The van der Waals surface area contributed by atoms with Crippen LogP contribution in [0.2, 0.25) is 0 Å². The van der Waals surface area contributed by atoms with Gasteiger partial charge < -0.3 is 0 Å². The van der Waals surface area contributed by atoms with Crippen LogP contribution in [0.4, 0.5) is 0 Å². The van der Waals surface area contributed by atoms with Crippen LogP contribution in [-0.4, -0.2) is 12.8 Å². The van der Waals surface area contributed by atoms with Gasteiger partial charge in [-0.05, 0) is 30.9 Å². The maximum atomic E-state index is 8.78. The number of nitriles is 1. The molecule has 0 aliphatic rings. The molecule has 0 fully saturated rings. The zero-order chi connectivity index (χ0) is 11.8. The molecule has 0 aliphatic carbocycles. The second-order valence-electron chi connectivity index (χ2n) is 3.91. The van der Waals surface area contributed by atoms with Crippen molar-refractivity contribution in [2.75, 3.05) is 6.54 Å². The van der Waals surface area contributed by atoms with Gasteiger partial charge in [-0.15, -0.1) is 0 Å². The lowest BCUT2D eigenvalue weighted by molar-refractivity contribution is 0.594. The Labute approximate surface area is 97.6 Å². The van der Waals surface area contributed by atoms with Gasteiger partial charge in [-0.3, -0.25) is 4.99 Å². The van der Waals surface area contributed by atoms with E-state index in [0.29, 0.717) is 0 Å². The van der Waals surface area contributed by atoms with Gasteiger partial charge in [0.1, 0.15) is 0 Å². The Morgan fingerprint density at radius 2 is 2.19 bits per heavy atom. The smallest absolute Gasteiger partial charge is 0.0656 e. The lowest BCUT2D eigenvalue weighted by Crippen LogP contribution is -1.97. The predicted molar refractivity (Wildman–Crippen MR) is 67.7 cm³/mol. The van der Waals surface area contributed by atoms with E-state index in [2.05, 4.69) is 30.1 Å². The van der Waals surface area contributed by atoms with Crippen molar-refractivity contribution in [3.8, 4) is 6.07 Å². The first-order valence-corrected chi connectivity index (χ1v) is 5.73. The third-order valence-corrected chi connectivity index (χ3v) is 2.70. The minimum atomic E-state index is 0.147. The third-order valence-electron chi connectivity index (χ3n) is 2.70. The summed E-state index contributed by atoms with van der Waals surface area (Å²) >= 11 is 0. The van der Waals surface area contributed by atoms with Crippen LogP contribution < -0.4 is 0 Å². The van der Waals surface area contributed by atoms with Crippen LogP contribution in [-0.2, 0) is 0 Å². The fourth-order valence-electron chi connectivity index (χ4n) is 1.48. The normalized spacial score (nSPS) is 12.6. The third kappa shape index (κ3) is 3.86. The number of hydrogen-bond acceptors (Lipinski definition) is 2. The van der Waals surface area contributed by atoms with Crippen LogP contribution in [0.3, 0.4) is 0 Å². The van der Waals surface area contributed by atoms with Crippen molar-refractivity contribution in [2.45, 2.75) is 26.7 Å². The standard InChI is InChI=1S/C14H18N2/c1-3-13(10-15)8-9-16-11-14-7-5-4-6-12(14)2/h4-7,11,13H,3,8-9H2,1-2H3. The largest absolute Gasteiger partial charge is 0.293 e. The zero-order valence-corrected chi connectivity index (χ0v) is 9.98. The molecule has 2 nitrogen and oxygen atoms in total. The fraction of sp³-hybridized carbons (Fsp3) is 0.429. The van der Waals surface area contributed by atoms with E-state index in [9.17, 15) is 0 Å². The molecule has 0 saturated carbocycles. The topological polar surface area (TPSA) is 36.1 Å². The van der Waals surface area contributed by atoms with Crippen molar-refractivity contribution in [1.82, 2.24) is 0 Å². The molecule has 0 amide bonds. The number of aryl methyl sites for hydroxylation is 1. The van der Waals surface area contributed by atoms with Crippen molar-refractivity contribution < 1.29 is 0 Å². The first-order chi connectivity index (χ1) is 7.77. The molecule has 1 aromatic carbocycles. The lowest BCUT2D eigenvalue weighted by atomic mass is 10.1. The van der Waals surface area contributed by atoms with E-state index in [0.717, 1.165) is 24.9 Å². The van der Waals surface area contributed by atoms with Gasteiger partial charge >= 0.3 is 0 Å². The second kappa shape index (κ2) is 6.79. The molecule has 1 unspecified atom stereocenters. The van der Waals surface area contributed by atoms with Crippen LogP contribution >= 0.6 is 0 Å². The average Bonchev–Trinajstić information content (AvgIpc) is 2.31. The van der Waals surface area contributed by atoms with Crippen molar-refractivity contribution >= 4 is 6.21 Å². The molecule has 0 heterocycles. The number of aliphatic imine (C=N–C) groups is 1. The van der Waals surface area contributed by atoms with E-state index in [4.69, 9.17) is 5.26 Å². The van der Waals surface area contributed by atoms with Crippen LogP contribution in [0.5, 0.6) is 0 Å². The molecular weight excluding hydrogens is 196 g/mol. The number of rotatable bonds is 5. The summed E-state index contributed by atoms with van der Waals surface area (Å²) in [5.74, 6) is 0.147. The van der Waals surface area contributed by atoms with Gasteiger partial charge in [0.25, 0.3) is 0 Å². The van der Waals surface area contributed by atoms with E-state index in [1.54, 1.807) is 0 Å². The van der Waals surface area contributed by atoms with E-state index < -0.39 is 0 Å². The van der Waals surface area contributed by atoms with Gasteiger partial charge in [0.2, 0.25) is 0 Å². The molecule has 0 aromatic heterocycles. The van der Waals surface area contributed by atoms with E-state index in [-0.39, 0.29) is 5.92 Å². The Hall–Kier alpha value is -1.62. The molecule has 84 valence electrons. The molecule has 1 atom stereocenters. The summed E-state index contributed by atoms with van der Waals surface area (Å²) in [6.07, 6.45) is 3.67. The highest BCUT2D eigenvalue weighted by Crippen LogP contribution is 2.07. The van der Waals surface area contributed by atoms with Gasteiger partial charge in [0.05, 0.1) is 6.07 Å². The van der Waals surface area contributed by atoms with E-state index in [1.165, 1.54) is 5.56 Å². The lowest BCUT2D eigenvalue weighted by Gasteiger charge is -2.02. The Kier molecular flexibility index (Phi) is 5.28. The highest BCUT2D eigenvalue weighted by Gasteiger charge is 2.01. The minimum absolute atomic E-state index is 0.147. The predicted octanol–water partition coefficient (Wildman–Crippen LogP) is 3.35. The molecule has 0 N–H and O–H groups in total. The number of benzene rings is 1. The summed E-state index contributed by atoms with van der Waals surface area (Å²) in [6, 6.07) is 10.5. The summed E-state index contributed by atoms with van der Waals surface area (Å²) in [7, 11) is 0. The quantitative estimate of drug-likeness (QED) is 0.692. The van der Waals surface area contributed by atoms with Crippen LogP contribution in [0.25, 0.3) is 0 Å². The molecule has 0 aliphatic heterocycles. The second-order valence-corrected chi connectivity index (χ2v) is 3.91. The van der Waals surface area contributed by atoms with Crippen molar-refractivity contribution in [3.63, 3.8) is 0 Å². The van der Waals surface area contributed by atoms with Crippen LogP contribution in [0.1, 0.15) is 30.9 Å². The van der Waals surface area contributed by atoms with Crippen molar-refractivity contribution in [3.05, 3.63) is 35.4 Å². The van der Waals surface area contributed by atoms with E-state index >= 15 is 0 Å². The van der Waals surface area contributed by atoms with Crippen LogP contribution in [0, 0.1) is 24.2 Å². The molecule has 0 bridgehead atoms. The summed E-state index contributed by atoms with van der Waals surface area (Å²) in [5, 5.41) is 8.78. The molecule has 1 rings (SSSR count). The molecule has 0 spiro atoms. The monoisotopic (exact) mass is 214 g/mol.